The number of nitrogens with zero attached hydrogens (tertiary/aromatic N) is 3. The van der Waals surface area contributed by atoms with Gasteiger partial charge in [-0.25, -0.2) is 9.78 Å². The van der Waals surface area contributed by atoms with Crippen LogP contribution in [0.5, 0.6) is 0 Å². The fourth-order valence-corrected chi connectivity index (χ4v) is 3.46. The number of esters is 1. The monoisotopic (exact) mass is 331 g/mol. The van der Waals surface area contributed by atoms with Crippen molar-refractivity contribution in [2.75, 3.05) is 38.2 Å². The largest absolute Gasteiger partial charge is 0.465 e. The van der Waals surface area contributed by atoms with E-state index in [9.17, 15) is 9.59 Å². The van der Waals surface area contributed by atoms with Crippen LogP contribution in [0.25, 0.3) is 0 Å². The molecule has 1 aromatic rings. The second-order valence-corrected chi connectivity index (χ2v) is 6.10. The molecule has 6 nitrogen and oxygen atoms in total. The number of anilines is 1. The summed E-state index contributed by atoms with van der Waals surface area (Å²) in [4.78, 5) is 32.0. The Morgan fingerprint density at radius 3 is 2.90 bits per heavy atom. The van der Waals surface area contributed by atoms with Crippen LogP contribution in [-0.4, -0.2) is 55.0 Å². The van der Waals surface area contributed by atoms with Gasteiger partial charge in [-0.3, -0.25) is 4.79 Å². The maximum absolute atomic E-state index is 12.2. The molecule has 116 valence electrons. The molecule has 1 saturated heterocycles. The fraction of sp³-hybridized carbons (Fsp3) is 0.615. The van der Waals surface area contributed by atoms with Crippen LogP contribution >= 0.6 is 22.9 Å². The van der Waals surface area contributed by atoms with Crippen molar-refractivity contribution in [3.63, 3.8) is 0 Å². The van der Waals surface area contributed by atoms with Gasteiger partial charge in [0.15, 0.2) is 15.2 Å². The van der Waals surface area contributed by atoms with Crippen LogP contribution in [0.1, 0.15) is 29.4 Å². The van der Waals surface area contributed by atoms with Crippen LogP contribution in [0.4, 0.5) is 5.13 Å². The number of aromatic nitrogens is 1. The number of halogens is 1. The van der Waals surface area contributed by atoms with E-state index in [1.807, 2.05) is 9.80 Å². The lowest BCUT2D eigenvalue weighted by molar-refractivity contribution is -0.129. The zero-order valence-corrected chi connectivity index (χ0v) is 13.7. The van der Waals surface area contributed by atoms with Gasteiger partial charge in [0.2, 0.25) is 5.91 Å². The Kier molecular flexibility index (Phi) is 5.41. The summed E-state index contributed by atoms with van der Waals surface area (Å²) >= 11 is 7.13. The highest BCUT2D eigenvalue weighted by atomic mass is 35.5. The number of rotatable bonds is 4. The van der Waals surface area contributed by atoms with Crippen molar-refractivity contribution in [2.24, 2.45) is 0 Å². The smallest absolute Gasteiger partial charge is 0.351 e. The SMILES string of the molecule is CCCN1CCCN(c2nc(Cl)c(C(=O)OC)s2)CC1=O. The number of hydrogen-bond donors (Lipinski definition) is 0. The molecule has 0 aromatic carbocycles. The second-order valence-electron chi connectivity index (χ2n) is 4.76. The molecule has 1 aliphatic heterocycles. The molecule has 2 heterocycles. The van der Waals surface area contributed by atoms with Crippen LogP contribution in [-0.2, 0) is 9.53 Å². The lowest BCUT2D eigenvalue weighted by Crippen LogP contribution is -2.37. The van der Waals surface area contributed by atoms with Gasteiger partial charge in [-0.05, 0) is 12.8 Å². The van der Waals surface area contributed by atoms with Crippen LogP contribution in [0.3, 0.4) is 0 Å². The van der Waals surface area contributed by atoms with E-state index in [4.69, 9.17) is 11.6 Å². The predicted octanol–water partition coefficient (Wildman–Crippen LogP) is 2.03. The summed E-state index contributed by atoms with van der Waals surface area (Å²) in [6.07, 6.45) is 1.82. The first-order valence-electron chi connectivity index (χ1n) is 6.84. The first-order chi connectivity index (χ1) is 10.1. The predicted molar refractivity (Wildman–Crippen MR) is 82.2 cm³/mol. The molecule has 0 aliphatic carbocycles. The van der Waals surface area contributed by atoms with E-state index < -0.39 is 5.97 Å². The topological polar surface area (TPSA) is 62.7 Å². The molecule has 0 N–H and O–H groups in total. The third-order valence-electron chi connectivity index (χ3n) is 3.24. The van der Waals surface area contributed by atoms with Gasteiger partial charge in [0, 0.05) is 19.6 Å². The van der Waals surface area contributed by atoms with Crippen molar-refractivity contribution in [2.45, 2.75) is 19.8 Å². The van der Waals surface area contributed by atoms with Crippen LogP contribution in [0.2, 0.25) is 5.15 Å². The maximum Gasteiger partial charge on any atom is 0.351 e. The Labute approximate surface area is 132 Å². The molecule has 1 aromatic heterocycles. The molecular formula is C13H18ClN3O3S. The standard InChI is InChI=1S/C13H18ClN3O3S/c1-3-5-16-6-4-7-17(8-9(16)18)13-15-11(14)10(21-13)12(19)20-2/h3-8H2,1-2H3. The summed E-state index contributed by atoms with van der Waals surface area (Å²) in [6, 6.07) is 0. The lowest BCUT2D eigenvalue weighted by Gasteiger charge is -2.20. The van der Waals surface area contributed by atoms with E-state index in [0.717, 1.165) is 43.8 Å². The Bertz CT molecular complexity index is 535. The molecular weight excluding hydrogens is 314 g/mol. The minimum absolute atomic E-state index is 0.0836. The Balaban J connectivity index is 2.15. The summed E-state index contributed by atoms with van der Waals surface area (Å²) in [5.41, 5.74) is 0. The molecule has 21 heavy (non-hydrogen) atoms. The van der Waals surface area contributed by atoms with Crippen LogP contribution in [0, 0.1) is 0 Å². The zero-order chi connectivity index (χ0) is 15.4. The number of methoxy groups -OCH3 is 1. The average Bonchev–Trinajstić information content (AvgIpc) is 2.76. The Morgan fingerprint density at radius 1 is 1.48 bits per heavy atom. The number of thiazole rings is 1. The lowest BCUT2D eigenvalue weighted by atomic mass is 10.3. The fourth-order valence-electron chi connectivity index (χ4n) is 2.23. The van der Waals surface area contributed by atoms with Gasteiger partial charge < -0.3 is 14.5 Å². The molecule has 1 aliphatic rings. The molecule has 0 unspecified atom stereocenters. The Hall–Kier alpha value is -1.34. The molecule has 1 fully saturated rings. The third kappa shape index (κ3) is 3.65. The van der Waals surface area contributed by atoms with E-state index >= 15 is 0 Å². The maximum atomic E-state index is 12.2. The van der Waals surface area contributed by atoms with Gasteiger partial charge in [0.25, 0.3) is 0 Å². The molecule has 0 bridgehead atoms. The second kappa shape index (κ2) is 7.09. The van der Waals surface area contributed by atoms with Gasteiger partial charge in [0.1, 0.15) is 0 Å². The molecule has 0 saturated carbocycles. The number of ether oxygens (including phenoxy) is 1. The summed E-state index contributed by atoms with van der Waals surface area (Å²) in [6.45, 7) is 4.57. The van der Waals surface area contributed by atoms with E-state index in [0.29, 0.717) is 5.13 Å². The van der Waals surface area contributed by atoms with Gasteiger partial charge >= 0.3 is 5.97 Å². The number of hydrogen-bond acceptors (Lipinski definition) is 6. The highest BCUT2D eigenvalue weighted by Gasteiger charge is 2.25. The quantitative estimate of drug-likeness (QED) is 0.790. The minimum Gasteiger partial charge on any atom is -0.465 e. The molecule has 8 heteroatoms. The average molecular weight is 332 g/mol. The van der Waals surface area contributed by atoms with Crippen LogP contribution < -0.4 is 4.90 Å². The van der Waals surface area contributed by atoms with Gasteiger partial charge in [-0.1, -0.05) is 29.9 Å². The van der Waals surface area contributed by atoms with E-state index in [1.165, 1.54) is 7.11 Å². The summed E-state index contributed by atoms with van der Waals surface area (Å²) in [5.74, 6) is -0.419. The van der Waals surface area contributed by atoms with Crippen molar-refractivity contribution in [1.29, 1.82) is 0 Å². The number of amides is 1. The summed E-state index contributed by atoms with van der Waals surface area (Å²) < 4.78 is 4.67. The van der Waals surface area contributed by atoms with Crippen molar-refractivity contribution in [3.05, 3.63) is 10.0 Å². The zero-order valence-electron chi connectivity index (χ0n) is 12.1. The van der Waals surface area contributed by atoms with Gasteiger partial charge in [-0.2, -0.15) is 0 Å². The van der Waals surface area contributed by atoms with Crippen molar-refractivity contribution >= 4 is 39.9 Å². The first kappa shape index (κ1) is 16.0. The molecule has 1 amide bonds. The molecule has 0 radical (unpaired) electrons. The van der Waals surface area contributed by atoms with Crippen molar-refractivity contribution < 1.29 is 14.3 Å². The molecule has 0 atom stereocenters. The molecule has 2 rings (SSSR count). The molecule has 0 spiro atoms. The van der Waals surface area contributed by atoms with Gasteiger partial charge in [0.05, 0.1) is 13.7 Å². The van der Waals surface area contributed by atoms with Crippen LogP contribution in [0.15, 0.2) is 0 Å². The number of carbonyl (C=O) groups is 2. The third-order valence-corrected chi connectivity index (χ3v) is 4.73. The minimum atomic E-state index is -0.502. The highest BCUT2D eigenvalue weighted by Crippen LogP contribution is 2.30. The van der Waals surface area contributed by atoms with E-state index in [2.05, 4.69) is 16.6 Å². The van der Waals surface area contributed by atoms with Gasteiger partial charge in [-0.15, -0.1) is 0 Å². The number of carbonyl (C=O) groups excluding carboxylic acids is 2. The normalized spacial score (nSPS) is 16.0. The van der Waals surface area contributed by atoms with E-state index in [-0.39, 0.29) is 22.5 Å². The van der Waals surface area contributed by atoms with Crippen molar-refractivity contribution in [1.82, 2.24) is 9.88 Å². The highest BCUT2D eigenvalue weighted by molar-refractivity contribution is 7.18. The summed E-state index contributed by atoms with van der Waals surface area (Å²) in [5, 5.41) is 0.719. The van der Waals surface area contributed by atoms with Crippen molar-refractivity contribution in [3.8, 4) is 0 Å². The Morgan fingerprint density at radius 2 is 2.24 bits per heavy atom. The van der Waals surface area contributed by atoms with E-state index in [1.54, 1.807) is 0 Å². The summed E-state index contributed by atoms with van der Waals surface area (Å²) in [7, 11) is 1.30. The first-order valence-corrected chi connectivity index (χ1v) is 8.03.